The predicted octanol–water partition coefficient (Wildman–Crippen LogP) is 3.41. The van der Waals surface area contributed by atoms with Crippen LogP contribution < -0.4 is 5.32 Å². The minimum Gasteiger partial charge on any atom is -0.337 e. The molecule has 1 heterocycles. The Bertz CT molecular complexity index is 453. The van der Waals surface area contributed by atoms with E-state index in [4.69, 9.17) is 0 Å². The summed E-state index contributed by atoms with van der Waals surface area (Å²) in [6.45, 7) is 9.28. The lowest BCUT2D eigenvalue weighted by Gasteiger charge is -2.33. The van der Waals surface area contributed by atoms with Gasteiger partial charge in [0.25, 0.3) is 5.91 Å². The zero-order valence-corrected chi connectivity index (χ0v) is 13.6. The molecule has 1 saturated heterocycles. The average Bonchev–Trinajstić information content (AvgIpc) is 2.52. The van der Waals surface area contributed by atoms with Gasteiger partial charge in [0.05, 0.1) is 0 Å². The second-order valence-electron chi connectivity index (χ2n) is 6.32. The van der Waals surface area contributed by atoms with Gasteiger partial charge in [0, 0.05) is 24.7 Å². The standard InChI is InChI=1S/C18H28N2O/c1-4-11-19-17-6-5-12-20(13-17)18(21)16-9-7-15(8-10-16)14(2)3/h7-10,14,17,19H,4-6,11-13H2,1-3H3. The quantitative estimate of drug-likeness (QED) is 0.900. The molecule has 1 atom stereocenters. The van der Waals surface area contributed by atoms with Crippen LogP contribution in [0, 0.1) is 0 Å². The minimum absolute atomic E-state index is 0.174. The van der Waals surface area contributed by atoms with Crippen LogP contribution in [0.15, 0.2) is 24.3 Å². The van der Waals surface area contributed by atoms with Crippen molar-refractivity contribution in [2.24, 2.45) is 0 Å². The summed E-state index contributed by atoms with van der Waals surface area (Å²) in [5.41, 5.74) is 2.10. The molecule has 0 aliphatic carbocycles. The largest absolute Gasteiger partial charge is 0.337 e. The Labute approximate surface area is 128 Å². The summed E-state index contributed by atoms with van der Waals surface area (Å²) in [5, 5.41) is 3.54. The molecule has 0 bridgehead atoms. The maximum atomic E-state index is 12.6. The number of likely N-dealkylation sites (tertiary alicyclic amines) is 1. The summed E-state index contributed by atoms with van der Waals surface area (Å²) in [5.74, 6) is 0.681. The van der Waals surface area contributed by atoms with Crippen LogP contribution in [0.3, 0.4) is 0 Å². The maximum absolute atomic E-state index is 12.6. The smallest absolute Gasteiger partial charge is 0.253 e. The lowest BCUT2D eigenvalue weighted by molar-refractivity contribution is 0.0695. The molecule has 1 aliphatic heterocycles. The van der Waals surface area contributed by atoms with Gasteiger partial charge in [-0.3, -0.25) is 4.79 Å². The highest BCUT2D eigenvalue weighted by atomic mass is 16.2. The minimum atomic E-state index is 0.174. The van der Waals surface area contributed by atoms with E-state index in [1.54, 1.807) is 0 Å². The summed E-state index contributed by atoms with van der Waals surface area (Å²) >= 11 is 0. The second kappa shape index (κ2) is 7.60. The summed E-state index contributed by atoms with van der Waals surface area (Å²) in [4.78, 5) is 14.6. The van der Waals surface area contributed by atoms with Crippen LogP contribution in [0.5, 0.6) is 0 Å². The lowest BCUT2D eigenvalue weighted by Crippen LogP contribution is -2.48. The van der Waals surface area contributed by atoms with Gasteiger partial charge in [0.1, 0.15) is 0 Å². The molecular weight excluding hydrogens is 260 g/mol. The van der Waals surface area contributed by atoms with Crippen molar-refractivity contribution in [2.45, 2.75) is 52.0 Å². The summed E-state index contributed by atoms with van der Waals surface area (Å²) < 4.78 is 0. The molecule has 1 unspecified atom stereocenters. The van der Waals surface area contributed by atoms with Crippen LogP contribution in [0.4, 0.5) is 0 Å². The Kier molecular flexibility index (Phi) is 5.80. The number of carbonyl (C=O) groups is 1. The van der Waals surface area contributed by atoms with Crippen molar-refractivity contribution in [1.29, 1.82) is 0 Å². The van der Waals surface area contributed by atoms with E-state index in [9.17, 15) is 4.79 Å². The zero-order valence-electron chi connectivity index (χ0n) is 13.6. The van der Waals surface area contributed by atoms with Gasteiger partial charge < -0.3 is 10.2 Å². The first-order valence-corrected chi connectivity index (χ1v) is 8.24. The van der Waals surface area contributed by atoms with Crippen LogP contribution in [0.1, 0.15) is 61.9 Å². The monoisotopic (exact) mass is 288 g/mol. The molecule has 2 rings (SSSR count). The summed E-state index contributed by atoms with van der Waals surface area (Å²) in [6.07, 6.45) is 3.41. The van der Waals surface area contributed by atoms with Gasteiger partial charge in [-0.15, -0.1) is 0 Å². The third-order valence-electron chi connectivity index (χ3n) is 4.22. The first kappa shape index (κ1) is 16.0. The van der Waals surface area contributed by atoms with Gasteiger partial charge in [-0.1, -0.05) is 32.9 Å². The average molecular weight is 288 g/mol. The van der Waals surface area contributed by atoms with Crippen LogP contribution in [-0.4, -0.2) is 36.5 Å². The van der Waals surface area contributed by atoms with Crippen LogP contribution in [0.2, 0.25) is 0 Å². The topological polar surface area (TPSA) is 32.3 Å². The molecule has 0 saturated carbocycles. The molecule has 21 heavy (non-hydrogen) atoms. The highest BCUT2D eigenvalue weighted by Crippen LogP contribution is 2.18. The predicted molar refractivity (Wildman–Crippen MR) is 87.8 cm³/mol. The fraction of sp³-hybridized carbons (Fsp3) is 0.611. The van der Waals surface area contributed by atoms with Gasteiger partial charge in [-0.25, -0.2) is 0 Å². The molecule has 0 spiro atoms. The highest BCUT2D eigenvalue weighted by molar-refractivity contribution is 5.94. The molecule has 116 valence electrons. The molecule has 0 aromatic heterocycles. The fourth-order valence-corrected chi connectivity index (χ4v) is 2.87. The number of benzene rings is 1. The van der Waals surface area contributed by atoms with Crippen LogP contribution in [0.25, 0.3) is 0 Å². The fourth-order valence-electron chi connectivity index (χ4n) is 2.87. The van der Waals surface area contributed by atoms with Crippen molar-refractivity contribution in [3.63, 3.8) is 0 Å². The van der Waals surface area contributed by atoms with Crippen molar-refractivity contribution in [1.82, 2.24) is 10.2 Å². The lowest BCUT2D eigenvalue weighted by atomic mass is 10.0. The third kappa shape index (κ3) is 4.31. The highest BCUT2D eigenvalue weighted by Gasteiger charge is 2.23. The summed E-state index contributed by atoms with van der Waals surface area (Å²) in [7, 11) is 0. The molecule has 1 amide bonds. The van der Waals surface area contributed by atoms with Gasteiger partial charge in [0.15, 0.2) is 0 Å². The normalized spacial score (nSPS) is 19.0. The molecule has 1 fully saturated rings. The molecule has 1 aromatic rings. The molecule has 3 heteroatoms. The van der Waals surface area contributed by atoms with Gasteiger partial charge in [-0.05, 0) is 49.4 Å². The van der Waals surface area contributed by atoms with Crippen molar-refractivity contribution < 1.29 is 4.79 Å². The SMILES string of the molecule is CCCNC1CCCN(C(=O)c2ccc(C(C)C)cc2)C1. The Morgan fingerprint density at radius 3 is 2.67 bits per heavy atom. The Balaban J connectivity index is 1.98. The van der Waals surface area contributed by atoms with Crippen molar-refractivity contribution in [3.05, 3.63) is 35.4 Å². The first-order valence-electron chi connectivity index (χ1n) is 8.24. The number of nitrogens with zero attached hydrogens (tertiary/aromatic N) is 1. The second-order valence-corrected chi connectivity index (χ2v) is 6.32. The molecule has 1 N–H and O–H groups in total. The number of carbonyl (C=O) groups excluding carboxylic acids is 1. The van der Waals surface area contributed by atoms with E-state index < -0.39 is 0 Å². The number of rotatable bonds is 5. The van der Waals surface area contributed by atoms with Gasteiger partial charge in [0.2, 0.25) is 0 Å². The molecule has 0 radical (unpaired) electrons. The van der Waals surface area contributed by atoms with Gasteiger partial charge in [-0.2, -0.15) is 0 Å². The number of amides is 1. The Morgan fingerprint density at radius 1 is 1.33 bits per heavy atom. The van der Waals surface area contributed by atoms with Crippen molar-refractivity contribution >= 4 is 5.91 Å². The van der Waals surface area contributed by atoms with E-state index in [1.807, 2.05) is 17.0 Å². The van der Waals surface area contributed by atoms with E-state index in [0.29, 0.717) is 12.0 Å². The Morgan fingerprint density at radius 2 is 2.05 bits per heavy atom. The number of hydrogen-bond acceptors (Lipinski definition) is 2. The van der Waals surface area contributed by atoms with Crippen LogP contribution in [-0.2, 0) is 0 Å². The Hall–Kier alpha value is -1.35. The van der Waals surface area contributed by atoms with Crippen LogP contribution >= 0.6 is 0 Å². The molecule has 1 aliphatic rings. The summed E-state index contributed by atoms with van der Waals surface area (Å²) in [6, 6.07) is 8.56. The number of piperidine rings is 1. The van der Waals surface area contributed by atoms with E-state index in [2.05, 4.69) is 38.2 Å². The number of hydrogen-bond donors (Lipinski definition) is 1. The van der Waals surface area contributed by atoms with E-state index >= 15 is 0 Å². The van der Waals surface area contributed by atoms with E-state index in [-0.39, 0.29) is 5.91 Å². The molecular formula is C18H28N2O. The maximum Gasteiger partial charge on any atom is 0.253 e. The third-order valence-corrected chi connectivity index (χ3v) is 4.22. The zero-order chi connectivity index (χ0) is 15.2. The van der Waals surface area contributed by atoms with E-state index in [1.165, 1.54) is 12.0 Å². The number of nitrogens with one attached hydrogen (secondary N) is 1. The van der Waals surface area contributed by atoms with E-state index in [0.717, 1.165) is 38.0 Å². The van der Waals surface area contributed by atoms with Gasteiger partial charge >= 0.3 is 0 Å². The molecule has 1 aromatic carbocycles. The van der Waals surface area contributed by atoms with Crippen molar-refractivity contribution in [2.75, 3.05) is 19.6 Å². The first-order chi connectivity index (χ1) is 10.1. The van der Waals surface area contributed by atoms with Crippen molar-refractivity contribution in [3.8, 4) is 0 Å². The molecule has 3 nitrogen and oxygen atoms in total.